The Hall–Kier alpha value is -1.53. The van der Waals surface area contributed by atoms with Gasteiger partial charge in [-0.3, -0.25) is 4.79 Å². The number of ether oxygens (including phenoxy) is 1. The van der Waals surface area contributed by atoms with Crippen molar-refractivity contribution in [1.82, 2.24) is 0 Å². The number of hydrogen-bond acceptors (Lipinski definition) is 5. The summed E-state index contributed by atoms with van der Waals surface area (Å²) in [6.07, 6.45) is 0.839. The van der Waals surface area contributed by atoms with E-state index in [1.807, 2.05) is 12.1 Å². The highest BCUT2D eigenvalue weighted by Crippen LogP contribution is 2.36. The lowest BCUT2D eigenvalue weighted by Gasteiger charge is -2.32. The largest absolute Gasteiger partial charge is 0.494 e. The van der Waals surface area contributed by atoms with Crippen molar-refractivity contribution in [3.63, 3.8) is 0 Å². The van der Waals surface area contributed by atoms with Crippen molar-refractivity contribution in [2.45, 2.75) is 45.3 Å². The second-order valence-electron chi connectivity index (χ2n) is 7.63. The van der Waals surface area contributed by atoms with E-state index in [0.717, 1.165) is 24.1 Å². The van der Waals surface area contributed by atoms with E-state index in [4.69, 9.17) is 14.0 Å². The molecule has 0 saturated carbocycles. The van der Waals surface area contributed by atoms with Crippen molar-refractivity contribution in [2.75, 3.05) is 25.1 Å². The van der Waals surface area contributed by atoms with E-state index in [0.29, 0.717) is 6.54 Å². The lowest BCUT2D eigenvalue weighted by molar-refractivity contribution is -0.144. The van der Waals surface area contributed by atoms with Gasteiger partial charge in [0.15, 0.2) is 0 Å². The first-order valence-electron chi connectivity index (χ1n) is 8.52. The Labute approximate surface area is 144 Å². The average Bonchev–Trinajstić information content (AvgIpc) is 3.10. The number of benzene rings is 1. The predicted octanol–water partition coefficient (Wildman–Crippen LogP) is 1.99. The van der Waals surface area contributed by atoms with Gasteiger partial charge in [0.25, 0.3) is 0 Å². The van der Waals surface area contributed by atoms with Crippen molar-refractivity contribution < 1.29 is 18.8 Å². The molecule has 5 nitrogen and oxygen atoms in total. The van der Waals surface area contributed by atoms with Gasteiger partial charge in [0.05, 0.1) is 24.2 Å². The highest BCUT2D eigenvalue weighted by Gasteiger charge is 2.51. The van der Waals surface area contributed by atoms with Gasteiger partial charge in [0.1, 0.15) is 0 Å². The van der Waals surface area contributed by atoms with Gasteiger partial charge >= 0.3 is 13.1 Å². The van der Waals surface area contributed by atoms with Crippen LogP contribution in [-0.2, 0) is 18.8 Å². The van der Waals surface area contributed by atoms with E-state index in [-0.39, 0.29) is 30.2 Å². The highest BCUT2D eigenvalue weighted by atomic mass is 16.7. The molecule has 0 spiro atoms. The SMILES string of the molecule is COC(=O)[C@@H]1CCN(c2ccc(B3OC(C)(C)C(C)(C)O3)cc2)C1. The molecule has 2 heterocycles. The quantitative estimate of drug-likeness (QED) is 0.626. The maximum absolute atomic E-state index is 11.7. The molecule has 3 rings (SSSR count). The Balaban J connectivity index is 1.68. The van der Waals surface area contributed by atoms with Crippen LogP contribution in [0.5, 0.6) is 0 Å². The molecule has 0 radical (unpaired) electrons. The highest BCUT2D eigenvalue weighted by molar-refractivity contribution is 6.62. The predicted molar refractivity (Wildman–Crippen MR) is 94.5 cm³/mol. The molecular weight excluding hydrogens is 305 g/mol. The Kier molecular flexibility index (Phi) is 4.38. The normalized spacial score (nSPS) is 25.1. The van der Waals surface area contributed by atoms with Crippen LogP contribution in [0.1, 0.15) is 34.1 Å². The summed E-state index contributed by atoms with van der Waals surface area (Å²) in [6.45, 7) is 9.80. The van der Waals surface area contributed by atoms with Crippen molar-refractivity contribution in [3.8, 4) is 0 Å². The number of nitrogens with zero attached hydrogens (tertiary/aromatic N) is 1. The van der Waals surface area contributed by atoms with Crippen LogP contribution in [0.3, 0.4) is 0 Å². The van der Waals surface area contributed by atoms with Crippen molar-refractivity contribution in [1.29, 1.82) is 0 Å². The molecule has 0 amide bonds. The summed E-state index contributed by atoms with van der Waals surface area (Å²) >= 11 is 0. The molecule has 1 atom stereocenters. The zero-order chi connectivity index (χ0) is 17.5. The Bertz CT molecular complexity index is 598. The topological polar surface area (TPSA) is 48.0 Å². The van der Waals surface area contributed by atoms with Crippen LogP contribution in [0.25, 0.3) is 0 Å². The van der Waals surface area contributed by atoms with Crippen LogP contribution >= 0.6 is 0 Å². The number of carbonyl (C=O) groups excluding carboxylic acids is 1. The first kappa shape index (κ1) is 17.3. The third-order valence-electron chi connectivity index (χ3n) is 5.51. The van der Waals surface area contributed by atoms with E-state index in [1.165, 1.54) is 7.11 Å². The molecule has 130 valence electrons. The third-order valence-corrected chi connectivity index (χ3v) is 5.51. The molecule has 2 fully saturated rings. The van der Waals surface area contributed by atoms with Crippen LogP contribution < -0.4 is 10.4 Å². The molecule has 0 N–H and O–H groups in total. The second-order valence-corrected chi connectivity index (χ2v) is 7.63. The summed E-state index contributed by atoms with van der Waals surface area (Å²) < 4.78 is 17.0. The molecule has 2 saturated heterocycles. The van der Waals surface area contributed by atoms with Crippen LogP contribution in [0.15, 0.2) is 24.3 Å². The molecule has 1 aromatic carbocycles. The zero-order valence-corrected chi connectivity index (χ0v) is 15.2. The van der Waals surface area contributed by atoms with Crippen LogP contribution in [-0.4, -0.2) is 44.5 Å². The Morgan fingerprint density at radius 2 is 1.75 bits per heavy atom. The smallest absolute Gasteiger partial charge is 0.469 e. The van der Waals surface area contributed by atoms with E-state index in [1.54, 1.807) is 0 Å². The number of carbonyl (C=O) groups is 1. The van der Waals surface area contributed by atoms with E-state index in [9.17, 15) is 4.79 Å². The maximum atomic E-state index is 11.7. The minimum Gasteiger partial charge on any atom is -0.469 e. The van der Waals surface area contributed by atoms with Crippen molar-refractivity contribution in [2.24, 2.45) is 5.92 Å². The molecule has 24 heavy (non-hydrogen) atoms. The number of esters is 1. The van der Waals surface area contributed by atoms with E-state index in [2.05, 4.69) is 44.7 Å². The lowest BCUT2D eigenvalue weighted by Crippen LogP contribution is -2.41. The Morgan fingerprint density at radius 1 is 1.17 bits per heavy atom. The summed E-state index contributed by atoms with van der Waals surface area (Å²) in [4.78, 5) is 13.9. The fourth-order valence-corrected chi connectivity index (χ4v) is 3.18. The standard InChI is InChI=1S/C18H26BNO4/c1-17(2)18(3,4)24-19(23-17)14-6-8-15(9-7-14)20-11-10-13(12-20)16(21)22-5/h6-9,13H,10-12H2,1-5H3/t13-/m1/s1. The molecule has 0 aliphatic carbocycles. The van der Waals surface area contributed by atoms with Crippen LogP contribution in [0, 0.1) is 5.92 Å². The van der Waals surface area contributed by atoms with Gasteiger partial charge in [0.2, 0.25) is 0 Å². The Morgan fingerprint density at radius 3 is 2.29 bits per heavy atom. The summed E-state index contributed by atoms with van der Waals surface area (Å²) in [5, 5.41) is 0. The molecular formula is C18H26BNO4. The lowest BCUT2D eigenvalue weighted by atomic mass is 9.79. The van der Waals surface area contributed by atoms with Gasteiger partial charge in [-0.25, -0.2) is 0 Å². The molecule has 0 aromatic heterocycles. The average molecular weight is 331 g/mol. The molecule has 0 unspecified atom stereocenters. The minimum absolute atomic E-state index is 0.0298. The first-order valence-corrected chi connectivity index (χ1v) is 8.52. The van der Waals surface area contributed by atoms with Gasteiger partial charge in [-0.2, -0.15) is 0 Å². The van der Waals surface area contributed by atoms with Gasteiger partial charge in [-0.15, -0.1) is 0 Å². The first-order chi connectivity index (χ1) is 11.2. The summed E-state index contributed by atoms with van der Waals surface area (Å²) in [5.74, 6) is -0.149. The number of rotatable bonds is 3. The van der Waals surface area contributed by atoms with Crippen LogP contribution in [0.2, 0.25) is 0 Å². The van der Waals surface area contributed by atoms with Gasteiger partial charge in [0, 0.05) is 18.8 Å². The van der Waals surface area contributed by atoms with Gasteiger partial charge < -0.3 is 18.9 Å². The van der Waals surface area contributed by atoms with E-state index < -0.39 is 0 Å². The van der Waals surface area contributed by atoms with Crippen molar-refractivity contribution >= 4 is 24.2 Å². The molecule has 1 aromatic rings. The summed E-state index contributed by atoms with van der Waals surface area (Å²) in [7, 11) is 1.11. The van der Waals surface area contributed by atoms with Gasteiger partial charge in [-0.1, -0.05) is 12.1 Å². The van der Waals surface area contributed by atoms with Gasteiger partial charge in [-0.05, 0) is 51.7 Å². The number of anilines is 1. The zero-order valence-electron chi connectivity index (χ0n) is 15.2. The maximum Gasteiger partial charge on any atom is 0.494 e. The fraction of sp³-hybridized carbons (Fsp3) is 0.611. The third kappa shape index (κ3) is 3.05. The van der Waals surface area contributed by atoms with E-state index >= 15 is 0 Å². The number of hydrogen-bond donors (Lipinski definition) is 0. The van der Waals surface area contributed by atoms with Crippen LogP contribution in [0.4, 0.5) is 5.69 Å². The molecule has 2 aliphatic rings. The molecule has 6 heteroatoms. The second kappa shape index (κ2) is 6.08. The fourth-order valence-electron chi connectivity index (χ4n) is 3.18. The minimum atomic E-state index is -0.342. The summed E-state index contributed by atoms with van der Waals surface area (Å²) in [6, 6.07) is 8.23. The monoisotopic (exact) mass is 331 g/mol. The number of methoxy groups -OCH3 is 1. The molecule has 2 aliphatic heterocycles. The molecule has 0 bridgehead atoms. The summed E-state index contributed by atoms with van der Waals surface area (Å²) in [5.41, 5.74) is 1.46. The van der Waals surface area contributed by atoms with Crippen molar-refractivity contribution in [3.05, 3.63) is 24.3 Å².